The van der Waals surface area contributed by atoms with Crippen molar-refractivity contribution in [3.05, 3.63) is 46.3 Å². The molecule has 1 heterocycles. The highest BCUT2D eigenvalue weighted by Gasteiger charge is 2.45. The van der Waals surface area contributed by atoms with Gasteiger partial charge in [0.15, 0.2) is 6.29 Å². The number of hydrogen-bond acceptors (Lipinski definition) is 6. The number of amides is 1. The number of aliphatic hydroxyl groups is 2. The van der Waals surface area contributed by atoms with Crippen LogP contribution >= 0.6 is 0 Å². The third kappa shape index (κ3) is 4.44. The molecule has 9 heteroatoms. The van der Waals surface area contributed by atoms with E-state index in [9.17, 15) is 15.0 Å². The third-order valence-corrected chi connectivity index (χ3v) is 3.69. The molecule has 1 saturated heterocycles. The summed E-state index contributed by atoms with van der Waals surface area (Å²) in [6, 6.07) is 7.41. The Balaban J connectivity index is 2.19. The summed E-state index contributed by atoms with van der Waals surface area (Å²) in [5.74, 6) is -0.385. The molecule has 1 aromatic rings. The Labute approximate surface area is 138 Å². The van der Waals surface area contributed by atoms with Crippen molar-refractivity contribution >= 4 is 5.91 Å². The predicted molar refractivity (Wildman–Crippen MR) is 83.5 cm³/mol. The summed E-state index contributed by atoms with van der Waals surface area (Å²) in [4.78, 5) is 14.2. The first kappa shape index (κ1) is 18.2. The van der Waals surface area contributed by atoms with Crippen molar-refractivity contribution in [2.45, 2.75) is 44.1 Å². The van der Waals surface area contributed by atoms with Gasteiger partial charge in [-0.05, 0) is 11.1 Å². The Bertz CT molecular complexity index is 593. The van der Waals surface area contributed by atoms with Crippen LogP contribution in [0, 0.1) is 0 Å². The first-order valence-electron chi connectivity index (χ1n) is 7.48. The van der Waals surface area contributed by atoms with E-state index >= 15 is 0 Å². The Morgan fingerprint density at radius 1 is 1.46 bits per heavy atom. The van der Waals surface area contributed by atoms with E-state index in [0.29, 0.717) is 0 Å². The van der Waals surface area contributed by atoms with Crippen LogP contribution in [0.2, 0.25) is 0 Å². The van der Waals surface area contributed by atoms with Crippen LogP contribution in [0.15, 0.2) is 35.4 Å². The molecule has 0 spiro atoms. The fraction of sp³-hybridized carbons (Fsp3) is 0.533. The molecule has 1 fully saturated rings. The Kier molecular flexibility index (Phi) is 6.53. The van der Waals surface area contributed by atoms with Gasteiger partial charge in [-0.1, -0.05) is 35.4 Å². The minimum Gasteiger partial charge on any atom is -0.394 e. The average molecular weight is 336 g/mol. The highest BCUT2D eigenvalue weighted by atomic mass is 16.7. The number of aliphatic hydroxyl groups excluding tert-OH is 2. The summed E-state index contributed by atoms with van der Waals surface area (Å²) >= 11 is 0. The van der Waals surface area contributed by atoms with E-state index in [1.807, 2.05) is 30.3 Å². The maximum absolute atomic E-state index is 11.5. The average Bonchev–Trinajstić information content (AvgIpc) is 2.58. The molecule has 1 aromatic carbocycles. The van der Waals surface area contributed by atoms with Crippen molar-refractivity contribution in [3.63, 3.8) is 0 Å². The number of ether oxygens (including phenoxy) is 2. The standard InChI is InChI=1S/C15H20N4O5/c1-9(21)17-13-12(18-19-16)14(22)11(7-20)24-15(13)23-8-10-5-3-2-4-6-10/h2-6,11-15,20,22H,7-8H2,1H3,(H,17,21)/t11-,12-,13-,14-,15-/m1/s1. The van der Waals surface area contributed by atoms with Gasteiger partial charge in [-0.2, -0.15) is 0 Å². The zero-order valence-corrected chi connectivity index (χ0v) is 13.1. The largest absolute Gasteiger partial charge is 0.394 e. The van der Waals surface area contributed by atoms with Crippen LogP contribution in [0.25, 0.3) is 10.4 Å². The van der Waals surface area contributed by atoms with Crippen molar-refractivity contribution in [2.24, 2.45) is 5.11 Å². The van der Waals surface area contributed by atoms with Crippen molar-refractivity contribution < 1.29 is 24.5 Å². The fourth-order valence-corrected chi connectivity index (χ4v) is 2.57. The Morgan fingerprint density at radius 2 is 2.17 bits per heavy atom. The van der Waals surface area contributed by atoms with Gasteiger partial charge in [-0.25, -0.2) is 0 Å². The molecule has 1 aliphatic rings. The monoisotopic (exact) mass is 336 g/mol. The molecule has 3 N–H and O–H groups in total. The molecule has 0 aromatic heterocycles. The van der Waals surface area contributed by atoms with E-state index in [4.69, 9.17) is 15.0 Å². The summed E-state index contributed by atoms with van der Waals surface area (Å²) in [5, 5.41) is 25.7. The van der Waals surface area contributed by atoms with Crippen LogP contribution in [0.3, 0.4) is 0 Å². The van der Waals surface area contributed by atoms with Crippen LogP contribution in [-0.2, 0) is 20.9 Å². The number of nitrogens with zero attached hydrogens (tertiary/aromatic N) is 3. The number of carbonyl (C=O) groups excluding carboxylic acids is 1. The molecule has 0 unspecified atom stereocenters. The zero-order chi connectivity index (χ0) is 17.5. The number of rotatable bonds is 6. The van der Waals surface area contributed by atoms with Crippen LogP contribution in [-0.4, -0.2) is 53.3 Å². The van der Waals surface area contributed by atoms with Crippen LogP contribution in [0.5, 0.6) is 0 Å². The van der Waals surface area contributed by atoms with Gasteiger partial charge in [-0.15, -0.1) is 0 Å². The molecule has 24 heavy (non-hydrogen) atoms. The number of carbonyl (C=O) groups is 1. The summed E-state index contributed by atoms with van der Waals surface area (Å²) in [7, 11) is 0. The smallest absolute Gasteiger partial charge is 0.217 e. The molecule has 0 radical (unpaired) electrons. The van der Waals surface area contributed by atoms with Crippen molar-refractivity contribution in [1.29, 1.82) is 0 Å². The number of benzene rings is 1. The first-order chi connectivity index (χ1) is 11.6. The van der Waals surface area contributed by atoms with Gasteiger partial charge in [0.1, 0.15) is 6.10 Å². The maximum atomic E-state index is 11.5. The van der Waals surface area contributed by atoms with Crippen LogP contribution in [0.4, 0.5) is 0 Å². The molecule has 1 aliphatic heterocycles. The zero-order valence-electron chi connectivity index (χ0n) is 13.1. The van der Waals surface area contributed by atoms with Crippen molar-refractivity contribution in [1.82, 2.24) is 5.32 Å². The van der Waals surface area contributed by atoms with Gasteiger partial charge in [-0.3, -0.25) is 4.79 Å². The van der Waals surface area contributed by atoms with Gasteiger partial charge < -0.3 is 25.0 Å². The lowest BCUT2D eigenvalue weighted by Crippen LogP contribution is -2.63. The molecule has 130 valence electrons. The summed E-state index contributed by atoms with van der Waals surface area (Å²) in [5.41, 5.74) is 9.62. The van der Waals surface area contributed by atoms with Crippen LogP contribution < -0.4 is 5.32 Å². The second-order valence-corrected chi connectivity index (χ2v) is 5.43. The van der Waals surface area contributed by atoms with E-state index in [2.05, 4.69) is 15.3 Å². The molecule has 5 atom stereocenters. The Morgan fingerprint density at radius 3 is 2.75 bits per heavy atom. The molecule has 1 amide bonds. The second kappa shape index (κ2) is 8.62. The summed E-state index contributed by atoms with van der Waals surface area (Å²) < 4.78 is 11.2. The van der Waals surface area contributed by atoms with Gasteiger partial charge in [0.25, 0.3) is 0 Å². The highest BCUT2D eigenvalue weighted by Crippen LogP contribution is 2.25. The topological polar surface area (TPSA) is 137 Å². The van der Waals surface area contributed by atoms with E-state index in [1.54, 1.807) is 0 Å². The molecule has 2 rings (SSSR count). The van der Waals surface area contributed by atoms with E-state index in [1.165, 1.54) is 6.92 Å². The highest BCUT2D eigenvalue weighted by molar-refractivity contribution is 5.73. The first-order valence-corrected chi connectivity index (χ1v) is 7.48. The predicted octanol–water partition coefficient (Wildman–Crippen LogP) is 0.465. The van der Waals surface area contributed by atoms with Gasteiger partial charge in [0.05, 0.1) is 31.4 Å². The molecular formula is C15H20N4O5. The van der Waals surface area contributed by atoms with E-state index < -0.39 is 37.2 Å². The number of nitrogens with one attached hydrogen (secondary N) is 1. The second-order valence-electron chi connectivity index (χ2n) is 5.43. The summed E-state index contributed by atoms with van der Waals surface area (Å²) in [6.07, 6.45) is -3.23. The molecule has 0 bridgehead atoms. The third-order valence-electron chi connectivity index (χ3n) is 3.69. The number of azide groups is 1. The lowest BCUT2D eigenvalue weighted by molar-refractivity contribution is -0.250. The quantitative estimate of drug-likeness (QED) is 0.394. The maximum Gasteiger partial charge on any atom is 0.217 e. The molecule has 0 saturated carbocycles. The van der Waals surface area contributed by atoms with Gasteiger partial charge in [0, 0.05) is 11.8 Å². The molecular weight excluding hydrogens is 316 g/mol. The lowest BCUT2D eigenvalue weighted by atomic mass is 9.95. The van der Waals surface area contributed by atoms with Crippen LogP contribution in [0.1, 0.15) is 12.5 Å². The van der Waals surface area contributed by atoms with E-state index in [0.717, 1.165) is 5.56 Å². The molecule has 9 nitrogen and oxygen atoms in total. The summed E-state index contributed by atoms with van der Waals surface area (Å²) in [6.45, 7) is 1.02. The SMILES string of the molecule is CC(=O)N[C@H]1[C@H](OCc2ccccc2)O[C@H](CO)[C@@H](O)[C@@H]1N=[N+]=[N-]. The Hall–Kier alpha value is -2.16. The number of hydrogen-bond donors (Lipinski definition) is 3. The molecule has 0 aliphatic carbocycles. The fourth-order valence-electron chi connectivity index (χ4n) is 2.57. The lowest BCUT2D eigenvalue weighted by Gasteiger charge is -2.42. The van der Waals surface area contributed by atoms with E-state index in [-0.39, 0.29) is 12.5 Å². The normalized spacial score (nSPS) is 29.5. The van der Waals surface area contributed by atoms with Crippen molar-refractivity contribution in [2.75, 3.05) is 6.61 Å². The van der Waals surface area contributed by atoms with Gasteiger partial charge in [0.2, 0.25) is 5.91 Å². The van der Waals surface area contributed by atoms with Gasteiger partial charge >= 0.3 is 0 Å². The minimum absolute atomic E-state index is 0.193. The minimum atomic E-state index is -1.26. The van der Waals surface area contributed by atoms with Crippen molar-refractivity contribution in [3.8, 4) is 0 Å².